The van der Waals surface area contributed by atoms with Gasteiger partial charge in [0.15, 0.2) is 0 Å². The quantitative estimate of drug-likeness (QED) is 0.836. The number of sulfonamides is 1. The summed E-state index contributed by atoms with van der Waals surface area (Å²) in [6, 6.07) is 1.54. The zero-order chi connectivity index (χ0) is 15.8. The van der Waals surface area contributed by atoms with Gasteiger partial charge in [0.25, 0.3) is 0 Å². The number of aliphatic hydroxyl groups excluding tert-OH is 1. The lowest BCUT2D eigenvalue weighted by Crippen LogP contribution is -2.57. The van der Waals surface area contributed by atoms with Crippen LogP contribution in [-0.2, 0) is 23.7 Å². The Kier molecular flexibility index (Phi) is 4.49. The number of aromatic nitrogens is 1. The van der Waals surface area contributed by atoms with Gasteiger partial charge >= 0.3 is 0 Å². The van der Waals surface area contributed by atoms with Crippen molar-refractivity contribution in [3.8, 4) is 0 Å². The number of aryl methyl sites for hydroxylation is 1. The van der Waals surface area contributed by atoms with Gasteiger partial charge in [-0.25, -0.2) is 8.42 Å². The van der Waals surface area contributed by atoms with Gasteiger partial charge in [0, 0.05) is 38.1 Å². The van der Waals surface area contributed by atoms with Crippen molar-refractivity contribution in [2.45, 2.75) is 36.3 Å². The van der Waals surface area contributed by atoms with Crippen LogP contribution in [0.4, 0.5) is 0 Å². The van der Waals surface area contributed by atoms with Gasteiger partial charge in [0.1, 0.15) is 4.90 Å². The SMILES string of the molecule is CN(C)C1(CN(C)S(=O)(=O)c2cc(CO)n(C)c2)CCC1. The van der Waals surface area contributed by atoms with Crippen molar-refractivity contribution in [3.05, 3.63) is 18.0 Å². The second-order valence-electron chi connectivity index (χ2n) is 6.17. The molecule has 2 rings (SSSR count). The van der Waals surface area contributed by atoms with Crippen LogP contribution in [-0.4, -0.2) is 60.5 Å². The van der Waals surface area contributed by atoms with Gasteiger partial charge in [0.05, 0.1) is 6.61 Å². The summed E-state index contributed by atoms with van der Waals surface area (Å²) in [5.74, 6) is 0. The summed E-state index contributed by atoms with van der Waals surface area (Å²) < 4.78 is 28.4. The van der Waals surface area contributed by atoms with E-state index in [2.05, 4.69) is 4.90 Å². The normalized spacial score (nSPS) is 18.2. The lowest BCUT2D eigenvalue weighted by atomic mass is 9.75. The molecule has 1 aliphatic rings. The molecule has 0 amide bonds. The first-order valence-corrected chi connectivity index (χ1v) is 8.57. The Balaban J connectivity index is 2.22. The molecule has 0 unspecified atom stereocenters. The summed E-state index contributed by atoms with van der Waals surface area (Å²) in [6.45, 7) is 0.322. The fourth-order valence-electron chi connectivity index (χ4n) is 2.89. The smallest absolute Gasteiger partial charge is 0.244 e. The van der Waals surface area contributed by atoms with Crippen molar-refractivity contribution in [1.29, 1.82) is 0 Å². The summed E-state index contributed by atoms with van der Waals surface area (Å²) in [5.41, 5.74) is 0.545. The molecule has 1 fully saturated rings. The van der Waals surface area contributed by atoms with Crippen LogP contribution in [0.3, 0.4) is 0 Å². The molecule has 0 spiro atoms. The van der Waals surface area contributed by atoms with Crippen LogP contribution in [0.25, 0.3) is 0 Å². The van der Waals surface area contributed by atoms with Crippen molar-refractivity contribution >= 4 is 10.0 Å². The Hall–Kier alpha value is -0.890. The molecule has 1 saturated carbocycles. The van der Waals surface area contributed by atoms with Gasteiger partial charge in [-0.1, -0.05) is 0 Å². The zero-order valence-corrected chi connectivity index (χ0v) is 14.0. The average molecular weight is 315 g/mol. The van der Waals surface area contributed by atoms with Crippen molar-refractivity contribution in [3.63, 3.8) is 0 Å². The number of aliphatic hydroxyl groups is 1. The summed E-state index contributed by atoms with van der Waals surface area (Å²) in [5, 5.41) is 9.21. The van der Waals surface area contributed by atoms with Gasteiger partial charge in [-0.3, -0.25) is 0 Å². The summed E-state index contributed by atoms with van der Waals surface area (Å²) in [7, 11) is 3.86. The Labute approximate surface area is 127 Å². The van der Waals surface area contributed by atoms with Crippen LogP contribution in [0.2, 0.25) is 0 Å². The molecule has 0 bridgehead atoms. The van der Waals surface area contributed by atoms with Gasteiger partial charge in [-0.15, -0.1) is 0 Å². The number of hydrogen-bond acceptors (Lipinski definition) is 4. The highest BCUT2D eigenvalue weighted by Crippen LogP contribution is 2.37. The minimum Gasteiger partial charge on any atom is -0.390 e. The van der Waals surface area contributed by atoms with Crippen molar-refractivity contribution < 1.29 is 13.5 Å². The molecule has 0 atom stereocenters. The van der Waals surface area contributed by atoms with Crippen molar-refractivity contribution in [1.82, 2.24) is 13.8 Å². The Bertz CT molecular complexity index is 603. The lowest BCUT2D eigenvalue weighted by Gasteiger charge is -2.48. The largest absolute Gasteiger partial charge is 0.390 e. The van der Waals surface area contributed by atoms with Gasteiger partial charge in [-0.2, -0.15) is 4.31 Å². The Morgan fingerprint density at radius 3 is 2.33 bits per heavy atom. The van der Waals surface area contributed by atoms with E-state index in [1.165, 1.54) is 10.4 Å². The van der Waals surface area contributed by atoms with E-state index in [9.17, 15) is 13.5 Å². The topological polar surface area (TPSA) is 65.8 Å². The average Bonchev–Trinajstić information content (AvgIpc) is 2.74. The molecule has 6 nitrogen and oxygen atoms in total. The molecule has 1 aromatic rings. The van der Waals surface area contributed by atoms with E-state index in [0.717, 1.165) is 19.3 Å². The van der Waals surface area contributed by atoms with Crippen LogP contribution < -0.4 is 0 Å². The Morgan fingerprint density at radius 1 is 1.33 bits per heavy atom. The third-order valence-electron chi connectivity index (χ3n) is 4.70. The highest BCUT2D eigenvalue weighted by molar-refractivity contribution is 7.89. The highest BCUT2D eigenvalue weighted by Gasteiger charge is 2.42. The van der Waals surface area contributed by atoms with E-state index in [4.69, 9.17) is 0 Å². The molecule has 7 heteroatoms. The molecule has 0 radical (unpaired) electrons. The molecule has 21 heavy (non-hydrogen) atoms. The predicted molar refractivity (Wildman–Crippen MR) is 81.4 cm³/mol. The van der Waals surface area contributed by atoms with Crippen molar-refractivity contribution in [2.24, 2.45) is 7.05 Å². The van der Waals surface area contributed by atoms with Crippen LogP contribution in [0, 0.1) is 0 Å². The van der Waals surface area contributed by atoms with E-state index in [1.807, 2.05) is 14.1 Å². The molecule has 0 aliphatic heterocycles. The predicted octanol–water partition coefficient (Wildman–Crippen LogP) is 0.622. The van der Waals surface area contributed by atoms with Crippen LogP contribution >= 0.6 is 0 Å². The highest BCUT2D eigenvalue weighted by atomic mass is 32.2. The molecular formula is C14H25N3O3S. The number of likely N-dealkylation sites (N-methyl/N-ethyl adjacent to an activating group) is 2. The van der Waals surface area contributed by atoms with E-state index in [-0.39, 0.29) is 17.0 Å². The molecule has 1 heterocycles. The van der Waals surface area contributed by atoms with E-state index >= 15 is 0 Å². The number of nitrogens with zero attached hydrogens (tertiary/aromatic N) is 3. The summed E-state index contributed by atoms with van der Waals surface area (Å²) in [6.07, 6.45) is 4.75. The second-order valence-corrected chi connectivity index (χ2v) is 8.21. The molecule has 0 aromatic carbocycles. The molecule has 120 valence electrons. The lowest BCUT2D eigenvalue weighted by molar-refractivity contribution is 0.0455. The van der Waals surface area contributed by atoms with Crippen molar-refractivity contribution in [2.75, 3.05) is 27.7 Å². The molecule has 0 saturated heterocycles. The number of rotatable bonds is 6. The summed E-state index contributed by atoms with van der Waals surface area (Å²) >= 11 is 0. The second kappa shape index (κ2) is 5.72. The fourth-order valence-corrected chi connectivity index (χ4v) is 4.23. The molecule has 1 aromatic heterocycles. The maximum absolute atomic E-state index is 12.7. The molecule has 1 N–H and O–H groups in total. The first-order valence-electron chi connectivity index (χ1n) is 7.13. The standard InChI is InChI=1S/C14H25N3O3S/c1-15(2)14(6-5-7-14)11-17(4)21(19,20)13-8-12(10-18)16(3)9-13/h8-9,18H,5-7,10-11H2,1-4H3. The maximum Gasteiger partial charge on any atom is 0.244 e. The third-order valence-corrected chi connectivity index (χ3v) is 6.47. The van der Waals surface area contributed by atoms with Crippen LogP contribution in [0.5, 0.6) is 0 Å². The minimum atomic E-state index is -3.52. The first kappa shape index (κ1) is 16.5. The monoisotopic (exact) mass is 315 g/mol. The van der Waals surface area contributed by atoms with E-state index < -0.39 is 10.0 Å². The van der Waals surface area contributed by atoms with Crippen LogP contribution in [0.15, 0.2) is 17.2 Å². The van der Waals surface area contributed by atoms with Gasteiger partial charge in [0.2, 0.25) is 10.0 Å². The third kappa shape index (κ3) is 2.88. The Morgan fingerprint density at radius 2 is 1.95 bits per heavy atom. The first-order chi connectivity index (χ1) is 9.73. The summed E-state index contributed by atoms with van der Waals surface area (Å²) in [4.78, 5) is 2.37. The fraction of sp³-hybridized carbons (Fsp3) is 0.714. The maximum atomic E-state index is 12.7. The van der Waals surface area contributed by atoms with E-state index in [0.29, 0.717) is 12.2 Å². The van der Waals surface area contributed by atoms with Crippen LogP contribution in [0.1, 0.15) is 25.0 Å². The van der Waals surface area contributed by atoms with Gasteiger partial charge in [-0.05, 0) is 39.4 Å². The molecule has 1 aliphatic carbocycles. The van der Waals surface area contributed by atoms with E-state index in [1.54, 1.807) is 24.9 Å². The minimum absolute atomic E-state index is 0.0452. The van der Waals surface area contributed by atoms with Gasteiger partial charge < -0.3 is 14.6 Å². The number of hydrogen-bond donors (Lipinski definition) is 1. The molecular weight excluding hydrogens is 290 g/mol. The zero-order valence-electron chi connectivity index (χ0n) is 13.2.